The van der Waals surface area contributed by atoms with Gasteiger partial charge in [-0.25, -0.2) is 19.3 Å². The fraction of sp³-hybridized carbons (Fsp3) is 0.333. The van der Waals surface area contributed by atoms with Crippen molar-refractivity contribution in [3.8, 4) is 23.0 Å². The molecule has 1 aliphatic heterocycles. The zero-order valence-corrected chi connectivity index (χ0v) is 15.7. The minimum atomic E-state index is -0.366. The number of aryl methyl sites for hydroxylation is 1. The molecule has 4 aromatic heterocycles. The predicted molar refractivity (Wildman–Crippen MR) is 103 cm³/mol. The van der Waals surface area contributed by atoms with Gasteiger partial charge in [0.25, 0.3) is 0 Å². The molecule has 2 N–H and O–H groups in total. The number of hydrogen-bond donors (Lipinski definition) is 2. The first-order chi connectivity index (χ1) is 14.2. The molecule has 0 saturated carbocycles. The van der Waals surface area contributed by atoms with E-state index in [1.807, 2.05) is 0 Å². The maximum Gasteiger partial charge on any atom is 0.223 e. The van der Waals surface area contributed by atoms with Crippen molar-refractivity contribution in [2.75, 3.05) is 18.4 Å². The molecule has 0 amide bonds. The van der Waals surface area contributed by atoms with Gasteiger partial charge in [0.1, 0.15) is 28.7 Å². The summed E-state index contributed by atoms with van der Waals surface area (Å²) in [7, 11) is 1.69. The van der Waals surface area contributed by atoms with Crippen LogP contribution in [0.3, 0.4) is 0 Å². The number of fused-ring (bicyclic) bond motifs is 1. The van der Waals surface area contributed by atoms with Crippen LogP contribution in [-0.4, -0.2) is 58.7 Å². The Bertz CT molecular complexity index is 1160. The van der Waals surface area contributed by atoms with E-state index in [4.69, 9.17) is 0 Å². The van der Waals surface area contributed by atoms with E-state index in [1.165, 1.54) is 17.1 Å². The summed E-state index contributed by atoms with van der Waals surface area (Å²) in [5.41, 5.74) is 1.72. The van der Waals surface area contributed by atoms with Crippen molar-refractivity contribution in [2.45, 2.75) is 18.9 Å². The third-order valence-corrected chi connectivity index (χ3v) is 4.81. The van der Waals surface area contributed by atoms with Gasteiger partial charge in [0.05, 0.1) is 13.2 Å². The van der Waals surface area contributed by atoms with Crippen molar-refractivity contribution in [3.05, 3.63) is 36.4 Å². The molecule has 1 atom stereocenters. The number of nitrogens with zero attached hydrogens (tertiary/aromatic N) is 8. The lowest BCUT2D eigenvalue weighted by Gasteiger charge is -2.24. The van der Waals surface area contributed by atoms with Crippen LogP contribution in [-0.2, 0) is 7.05 Å². The van der Waals surface area contributed by atoms with Crippen molar-refractivity contribution >= 4 is 11.5 Å². The monoisotopic (exact) mass is 394 g/mol. The smallest absolute Gasteiger partial charge is 0.223 e. The van der Waals surface area contributed by atoms with E-state index >= 15 is 0 Å². The summed E-state index contributed by atoms with van der Waals surface area (Å²) in [6, 6.07) is 5.04. The van der Waals surface area contributed by atoms with Gasteiger partial charge in [-0.1, -0.05) is 0 Å². The second-order valence-corrected chi connectivity index (χ2v) is 6.97. The van der Waals surface area contributed by atoms with Crippen LogP contribution in [0, 0.1) is 5.82 Å². The lowest BCUT2D eigenvalue weighted by Crippen LogP contribution is -2.38. The highest BCUT2D eigenvalue weighted by atomic mass is 19.1. The van der Waals surface area contributed by atoms with Gasteiger partial charge < -0.3 is 10.6 Å². The molecule has 11 heteroatoms. The van der Waals surface area contributed by atoms with Gasteiger partial charge >= 0.3 is 0 Å². The first kappa shape index (κ1) is 17.6. The van der Waals surface area contributed by atoms with Gasteiger partial charge in [-0.2, -0.15) is 4.80 Å². The fourth-order valence-electron chi connectivity index (χ4n) is 3.44. The summed E-state index contributed by atoms with van der Waals surface area (Å²) >= 11 is 0. The van der Waals surface area contributed by atoms with Crippen LogP contribution in [0.4, 0.5) is 10.2 Å². The number of pyridine rings is 1. The molecule has 5 heterocycles. The number of aromatic nitrogens is 8. The quantitative estimate of drug-likeness (QED) is 0.533. The zero-order chi connectivity index (χ0) is 19.8. The third-order valence-electron chi connectivity index (χ3n) is 4.81. The minimum Gasteiger partial charge on any atom is -0.366 e. The standard InChI is InChI=1S/C18H19FN10/c1-28-26-17(25-27-28)13-7-15(22-12-3-2-6-20-8-12)24-18(23-13)14-9-21-16-5-4-11(19)10-29(14)16/h4-5,7,9-10,12,20H,2-3,6,8H2,1H3,(H,22,23,24)/t12-/m1/s1. The van der Waals surface area contributed by atoms with Crippen molar-refractivity contribution in [3.63, 3.8) is 0 Å². The van der Waals surface area contributed by atoms with Crippen molar-refractivity contribution < 1.29 is 4.39 Å². The van der Waals surface area contributed by atoms with Crippen LogP contribution in [0.2, 0.25) is 0 Å². The number of imidazole rings is 1. The second kappa shape index (κ2) is 7.17. The number of piperidine rings is 1. The van der Waals surface area contributed by atoms with Crippen LogP contribution >= 0.6 is 0 Å². The van der Waals surface area contributed by atoms with E-state index in [0.717, 1.165) is 25.9 Å². The molecule has 0 unspecified atom stereocenters. The van der Waals surface area contributed by atoms with Gasteiger partial charge in [0.2, 0.25) is 5.82 Å². The van der Waals surface area contributed by atoms with Gasteiger partial charge in [0.15, 0.2) is 5.82 Å². The highest BCUT2D eigenvalue weighted by Gasteiger charge is 2.18. The SMILES string of the molecule is Cn1nnc(-c2cc(N[C@@H]3CCCNC3)nc(-c3cnc4ccc(F)cn34)n2)n1. The van der Waals surface area contributed by atoms with Gasteiger partial charge in [-0.15, -0.1) is 10.2 Å². The van der Waals surface area contributed by atoms with E-state index in [0.29, 0.717) is 34.5 Å². The average Bonchev–Trinajstić information content (AvgIpc) is 3.34. The molecular formula is C18H19FN10. The Labute approximate surface area is 165 Å². The number of rotatable bonds is 4. The van der Waals surface area contributed by atoms with Crippen molar-refractivity contribution in [1.82, 2.24) is 44.9 Å². The molecule has 1 aliphatic rings. The summed E-state index contributed by atoms with van der Waals surface area (Å²) in [5.74, 6) is 1.08. The summed E-state index contributed by atoms with van der Waals surface area (Å²) < 4.78 is 15.4. The molecule has 0 aliphatic carbocycles. The Hall–Kier alpha value is -3.47. The molecule has 0 spiro atoms. The Morgan fingerprint density at radius 3 is 2.97 bits per heavy atom. The molecule has 10 nitrogen and oxygen atoms in total. The predicted octanol–water partition coefficient (Wildman–Crippen LogP) is 1.28. The normalized spacial score (nSPS) is 17.0. The highest BCUT2D eigenvalue weighted by Crippen LogP contribution is 2.24. The molecule has 0 aromatic carbocycles. The Morgan fingerprint density at radius 2 is 2.17 bits per heavy atom. The number of nitrogens with one attached hydrogen (secondary N) is 2. The van der Waals surface area contributed by atoms with Gasteiger partial charge in [-0.3, -0.25) is 4.40 Å². The summed E-state index contributed by atoms with van der Waals surface area (Å²) in [6.45, 7) is 1.88. The highest BCUT2D eigenvalue weighted by molar-refractivity contribution is 5.64. The first-order valence-electron chi connectivity index (χ1n) is 9.39. The Morgan fingerprint density at radius 1 is 1.24 bits per heavy atom. The Kier molecular flexibility index (Phi) is 4.35. The van der Waals surface area contributed by atoms with Crippen LogP contribution in [0.25, 0.3) is 28.7 Å². The van der Waals surface area contributed by atoms with Crippen LogP contribution < -0.4 is 10.6 Å². The van der Waals surface area contributed by atoms with Crippen LogP contribution in [0.15, 0.2) is 30.6 Å². The van der Waals surface area contributed by atoms with Crippen LogP contribution in [0.5, 0.6) is 0 Å². The third kappa shape index (κ3) is 3.51. The van der Waals surface area contributed by atoms with Crippen molar-refractivity contribution in [2.24, 2.45) is 7.05 Å². The minimum absolute atomic E-state index is 0.258. The topological polar surface area (TPSA) is 111 Å². The molecule has 5 rings (SSSR count). The molecule has 4 aromatic rings. The average molecular weight is 394 g/mol. The first-order valence-corrected chi connectivity index (χ1v) is 9.39. The number of tetrazole rings is 1. The van der Waals surface area contributed by atoms with Gasteiger partial charge in [0, 0.05) is 24.8 Å². The maximum absolute atomic E-state index is 13.8. The molecular weight excluding hydrogens is 375 g/mol. The zero-order valence-electron chi connectivity index (χ0n) is 15.7. The van der Waals surface area contributed by atoms with E-state index < -0.39 is 0 Å². The fourth-order valence-corrected chi connectivity index (χ4v) is 3.44. The summed E-state index contributed by atoms with van der Waals surface area (Å²) in [6.07, 6.45) is 5.14. The second-order valence-electron chi connectivity index (χ2n) is 6.97. The Balaban J connectivity index is 1.61. The van der Waals surface area contributed by atoms with Gasteiger partial charge in [-0.05, 0) is 36.7 Å². The number of anilines is 1. The van der Waals surface area contributed by atoms with Crippen molar-refractivity contribution in [1.29, 1.82) is 0 Å². The summed E-state index contributed by atoms with van der Waals surface area (Å²) in [5, 5.41) is 19.0. The van der Waals surface area contributed by atoms with E-state index in [2.05, 4.69) is 41.0 Å². The maximum atomic E-state index is 13.8. The molecule has 0 bridgehead atoms. The molecule has 0 radical (unpaired) electrons. The largest absolute Gasteiger partial charge is 0.366 e. The molecule has 148 valence electrons. The molecule has 29 heavy (non-hydrogen) atoms. The summed E-state index contributed by atoms with van der Waals surface area (Å²) in [4.78, 5) is 15.0. The van der Waals surface area contributed by atoms with E-state index in [9.17, 15) is 4.39 Å². The molecule has 1 fully saturated rings. The van der Waals surface area contributed by atoms with E-state index in [1.54, 1.807) is 29.8 Å². The van der Waals surface area contributed by atoms with E-state index in [-0.39, 0.29) is 11.9 Å². The number of halogens is 1. The molecule has 1 saturated heterocycles. The lowest BCUT2D eigenvalue weighted by molar-refractivity contribution is 0.479. The lowest BCUT2D eigenvalue weighted by atomic mass is 10.1. The number of hydrogen-bond acceptors (Lipinski definition) is 8. The van der Waals surface area contributed by atoms with Crippen LogP contribution in [0.1, 0.15) is 12.8 Å².